The maximum absolute atomic E-state index is 5.73. The summed E-state index contributed by atoms with van der Waals surface area (Å²) in [6.07, 6.45) is 10.1. The van der Waals surface area contributed by atoms with Crippen molar-refractivity contribution in [3.05, 3.63) is 11.8 Å². The largest absolute Gasteiger partial charge is 0.384 e. The highest BCUT2D eigenvalue weighted by molar-refractivity contribution is 5.29. The predicted octanol–water partition coefficient (Wildman–Crippen LogP) is 2.75. The van der Waals surface area contributed by atoms with E-state index in [0.717, 1.165) is 24.2 Å². The molecule has 4 fully saturated rings. The van der Waals surface area contributed by atoms with Crippen molar-refractivity contribution in [1.29, 1.82) is 0 Å². The van der Waals surface area contributed by atoms with Gasteiger partial charge in [0, 0.05) is 6.07 Å². The smallest absolute Gasteiger partial charge is 0.119 e. The highest BCUT2D eigenvalue weighted by Gasteiger charge is 2.50. The van der Waals surface area contributed by atoms with E-state index < -0.39 is 0 Å². The first-order valence-corrected chi connectivity index (χ1v) is 7.01. The zero-order chi connectivity index (χ0) is 11.5. The Kier molecular flexibility index (Phi) is 1.92. The zero-order valence-electron chi connectivity index (χ0n) is 10.3. The first-order valence-electron chi connectivity index (χ1n) is 7.01. The summed E-state index contributed by atoms with van der Waals surface area (Å²) in [5.74, 6) is 3.79. The molecule has 4 aliphatic rings. The summed E-state index contributed by atoms with van der Waals surface area (Å²) in [7, 11) is 0. The summed E-state index contributed by atoms with van der Waals surface area (Å²) in [5.41, 5.74) is 7.49. The maximum atomic E-state index is 5.73. The Morgan fingerprint density at radius 2 is 1.76 bits per heavy atom. The highest BCUT2D eigenvalue weighted by Crippen LogP contribution is 2.60. The molecule has 0 aliphatic heterocycles. The molecular formula is C14H21N3. The van der Waals surface area contributed by atoms with Crippen LogP contribution < -0.4 is 5.73 Å². The summed E-state index contributed by atoms with van der Waals surface area (Å²) in [5, 5.41) is 7.22. The third-order valence-corrected chi connectivity index (χ3v) is 5.37. The zero-order valence-corrected chi connectivity index (χ0v) is 10.3. The van der Waals surface area contributed by atoms with Gasteiger partial charge in [-0.2, -0.15) is 5.10 Å². The van der Waals surface area contributed by atoms with Gasteiger partial charge in [-0.1, -0.05) is 0 Å². The topological polar surface area (TPSA) is 54.7 Å². The molecule has 0 aromatic carbocycles. The van der Waals surface area contributed by atoms with Crippen LogP contribution in [0.25, 0.3) is 0 Å². The molecule has 0 radical (unpaired) electrons. The van der Waals surface area contributed by atoms with E-state index >= 15 is 0 Å². The number of aromatic nitrogens is 2. The number of anilines is 1. The van der Waals surface area contributed by atoms with Crippen molar-refractivity contribution in [2.45, 2.75) is 44.9 Å². The molecule has 1 aromatic heterocycles. The molecule has 4 saturated carbocycles. The van der Waals surface area contributed by atoms with Crippen molar-refractivity contribution in [2.24, 2.45) is 23.2 Å². The molecule has 4 bridgehead atoms. The van der Waals surface area contributed by atoms with E-state index in [9.17, 15) is 0 Å². The van der Waals surface area contributed by atoms with Gasteiger partial charge in [-0.15, -0.1) is 0 Å². The van der Waals surface area contributed by atoms with Gasteiger partial charge in [-0.25, -0.2) is 0 Å². The molecule has 92 valence electrons. The number of hydrogen-bond acceptors (Lipinski definition) is 2. The van der Waals surface area contributed by atoms with E-state index in [1.807, 2.05) is 6.07 Å². The van der Waals surface area contributed by atoms with Crippen LogP contribution in [0.4, 0.5) is 5.82 Å². The average molecular weight is 231 g/mol. The Balaban J connectivity index is 1.60. The molecule has 5 rings (SSSR count). The fourth-order valence-corrected chi connectivity index (χ4v) is 5.36. The van der Waals surface area contributed by atoms with Crippen LogP contribution in [0.1, 0.15) is 44.2 Å². The van der Waals surface area contributed by atoms with E-state index in [4.69, 9.17) is 5.73 Å². The SMILES string of the molecule is Nc1cc(CC23CC4CC(CC(C4)C2)C3)n[nH]1. The fourth-order valence-electron chi connectivity index (χ4n) is 5.36. The summed E-state index contributed by atoms with van der Waals surface area (Å²) in [6, 6.07) is 2.03. The molecule has 0 atom stereocenters. The minimum absolute atomic E-state index is 0.580. The fraction of sp³-hybridized carbons (Fsp3) is 0.786. The number of nitrogen functional groups attached to an aromatic ring is 1. The third kappa shape index (κ3) is 1.59. The van der Waals surface area contributed by atoms with Gasteiger partial charge in [0.15, 0.2) is 0 Å². The van der Waals surface area contributed by atoms with E-state index in [2.05, 4.69) is 10.2 Å². The first-order chi connectivity index (χ1) is 8.21. The van der Waals surface area contributed by atoms with Crippen LogP contribution in [0, 0.1) is 23.2 Å². The lowest BCUT2D eigenvalue weighted by atomic mass is 9.48. The first kappa shape index (κ1) is 9.98. The lowest BCUT2D eigenvalue weighted by molar-refractivity contribution is -0.0526. The maximum Gasteiger partial charge on any atom is 0.119 e. The van der Waals surface area contributed by atoms with Crippen LogP contribution in [0.15, 0.2) is 6.07 Å². The predicted molar refractivity (Wildman–Crippen MR) is 67.3 cm³/mol. The Hall–Kier alpha value is -0.990. The Morgan fingerprint density at radius 1 is 1.18 bits per heavy atom. The van der Waals surface area contributed by atoms with Crippen molar-refractivity contribution in [3.8, 4) is 0 Å². The monoisotopic (exact) mass is 231 g/mol. The van der Waals surface area contributed by atoms with Crippen LogP contribution in [-0.4, -0.2) is 10.2 Å². The van der Waals surface area contributed by atoms with Gasteiger partial charge in [0.1, 0.15) is 5.82 Å². The van der Waals surface area contributed by atoms with Crippen LogP contribution >= 0.6 is 0 Å². The minimum atomic E-state index is 0.580. The number of nitrogens with zero attached hydrogens (tertiary/aromatic N) is 1. The van der Waals surface area contributed by atoms with E-state index in [0.29, 0.717) is 11.2 Å². The van der Waals surface area contributed by atoms with Gasteiger partial charge in [-0.3, -0.25) is 5.10 Å². The quantitative estimate of drug-likeness (QED) is 0.822. The second-order valence-electron chi connectivity index (χ2n) is 6.91. The molecule has 3 heteroatoms. The van der Waals surface area contributed by atoms with Crippen LogP contribution in [0.2, 0.25) is 0 Å². The molecule has 17 heavy (non-hydrogen) atoms. The van der Waals surface area contributed by atoms with Crippen molar-refractivity contribution in [2.75, 3.05) is 5.73 Å². The van der Waals surface area contributed by atoms with Gasteiger partial charge in [-0.05, 0) is 68.1 Å². The van der Waals surface area contributed by atoms with E-state index in [1.165, 1.54) is 44.2 Å². The van der Waals surface area contributed by atoms with Gasteiger partial charge >= 0.3 is 0 Å². The molecule has 3 N–H and O–H groups in total. The second kappa shape index (κ2) is 3.27. The minimum Gasteiger partial charge on any atom is -0.384 e. The van der Waals surface area contributed by atoms with Crippen molar-refractivity contribution in [3.63, 3.8) is 0 Å². The summed E-state index contributed by atoms with van der Waals surface area (Å²) < 4.78 is 0. The summed E-state index contributed by atoms with van der Waals surface area (Å²) >= 11 is 0. The number of rotatable bonds is 2. The third-order valence-electron chi connectivity index (χ3n) is 5.37. The van der Waals surface area contributed by atoms with Crippen LogP contribution in [0.3, 0.4) is 0 Å². The molecule has 0 saturated heterocycles. The summed E-state index contributed by atoms with van der Waals surface area (Å²) in [6.45, 7) is 0. The van der Waals surface area contributed by atoms with Gasteiger partial charge < -0.3 is 5.73 Å². The lowest BCUT2D eigenvalue weighted by Gasteiger charge is -2.56. The van der Waals surface area contributed by atoms with E-state index in [1.54, 1.807) is 0 Å². The van der Waals surface area contributed by atoms with Crippen molar-refractivity contribution < 1.29 is 0 Å². The number of nitrogens with two attached hydrogens (primary N) is 1. The van der Waals surface area contributed by atoms with Crippen molar-refractivity contribution in [1.82, 2.24) is 10.2 Å². The molecule has 0 amide bonds. The number of nitrogens with one attached hydrogen (secondary N) is 1. The molecule has 1 aromatic rings. The van der Waals surface area contributed by atoms with Gasteiger partial charge in [0.05, 0.1) is 5.69 Å². The normalized spacial score (nSPS) is 43.2. The number of H-pyrrole nitrogens is 1. The average Bonchev–Trinajstić information content (AvgIpc) is 2.60. The Bertz CT molecular complexity index is 399. The Morgan fingerprint density at radius 3 is 2.24 bits per heavy atom. The molecule has 1 heterocycles. The molecule has 3 nitrogen and oxygen atoms in total. The number of hydrogen-bond donors (Lipinski definition) is 2. The number of aromatic amines is 1. The second-order valence-corrected chi connectivity index (χ2v) is 6.91. The van der Waals surface area contributed by atoms with Crippen LogP contribution in [-0.2, 0) is 6.42 Å². The molecule has 4 aliphatic carbocycles. The van der Waals surface area contributed by atoms with E-state index in [-0.39, 0.29) is 0 Å². The van der Waals surface area contributed by atoms with Gasteiger partial charge in [0.25, 0.3) is 0 Å². The lowest BCUT2D eigenvalue weighted by Crippen LogP contribution is -2.47. The molecule has 0 unspecified atom stereocenters. The molecular weight excluding hydrogens is 210 g/mol. The van der Waals surface area contributed by atoms with Gasteiger partial charge in [0.2, 0.25) is 0 Å². The van der Waals surface area contributed by atoms with Crippen LogP contribution in [0.5, 0.6) is 0 Å². The van der Waals surface area contributed by atoms with Crippen molar-refractivity contribution >= 4 is 5.82 Å². The standard InChI is InChI=1S/C14H21N3/c15-13-4-12(16-17-13)8-14-5-9-1-10(6-14)3-11(2-9)7-14/h4,9-11H,1-3,5-8H2,(H3,15,16,17). The Labute approximate surface area is 102 Å². The summed E-state index contributed by atoms with van der Waals surface area (Å²) in [4.78, 5) is 0. The molecule has 0 spiro atoms. The highest BCUT2D eigenvalue weighted by atomic mass is 15.2.